The van der Waals surface area contributed by atoms with Crippen molar-refractivity contribution in [3.63, 3.8) is 0 Å². The third-order valence-corrected chi connectivity index (χ3v) is 3.74. The van der Waals surface area contributed by atoms with Crippen molar-refractivity contribution >= 4 is 11.9 Å². The predicted octanol–water partition coefficient (Wildman–Crippen LogP) is 2.23. The average Bonchev–Trinajstić information content (AvgIpc) is 2.59. The second-order valence-corrected chi connectivity index (χ2v) is 5.53. The van der Waals surface area contributed by atoms with Gasteiger partial charge >= 0.3 is 5.97 Å². The molecule has 0 radical (unpaired) electrons. The Labute approximate surface area is 139 Å². The summed E-state index contributed by atoms with van der Waals surface area (Å²) in [5, 5.41) is 11.8. The smallest absolute Gasteiger partial charge is 0.335 e. The molecule has 6 heteroatoms. The largest absolute Gasteiger partial charge is 0.482 e. The van der Waals surface area contributed by atoms with E-state index in [0.29, 0.717) is 17.1 Å². The van der Waals surface area contributed by atoms with Gasteiger partial charge in [-0.05, 0) is 36.8 Å². The Morgan fingerprint density at radius 3 is 2.50 bits per heavy atom. The molecule has 2 aromatic rings. The Balaban J connectivity index is 1.65. The van der Waals surface area contributed by atoms with Crippen LogP contribution in [0.1, 0.15) is 22.8 Å². The fourth-order valence-electron chi connectivity index (χ4n) is 2.51. The lowest BCUT2D eigenvalue weighted by Gasteiger charge is -2.31. The topological polar surface area (TPSA) is 84.9 Å². The number of hydrogen-bond donors (Lipinski definition) is 2. The standard InChI is InChI=1S/C18H17NO5/c1-11-16(24-15-8-3-2-7-14(15)23-11)17(20)19-10-12-5-4-6-13(9-12)18(21)22/h2-9,11,16H,10H2,1H3,(H,19,20)(H,21,22)/t11-,16-/m0/s1. The van der Waals surface area contributed by atoms with Crippen molar-refractivity contribution in [2.45, 2.75) is 25.7 Å². The number of hydrogen-bond acceptors (Lipinski definition) is 4. The van der Waals surface area contributed by atoms with Gasteiger partial charge in [-0.1, -0.05) is 24.3 Å². The van der Waals surface area contributed by atoms with Crippen molar-refractivity contribution in [1.82, 2.24) is 5.32 Å². The first-order chi connectivity index (χ1) is 11.5. The maximum absolute atomic E-state index is 12.4. The number of fused-ring (bicyclic) bond motifs is 1. The molecular formula is C18H17NO5. The molecule has 2 atom stereocenters. The zero-order chi connectivity index (χ0) is 17.1. The van der Waals surface area contributed by atoms with Crippen molar-refractivity contribution in [2.75, 3.05) is 0 Å². The molecule has 6 nitrogen and oxygen atoms in total. The molecule has 2 N–H and O–H groups in total. The number of benzene rings is 2. The minimum atomic E-state index is -1.00. The molecule has 0 saturated carbocycles. The molecule has 0 fully saturated rings. The summed E-state index contributed by atoms with van der Waals surface area (Å²) in [5.41, 5.74) is 0.884. The highest BCUT2D eigenvalue weighted by atomic mass is 16.6. The summed E-state index contributed by atoms with van der Waals surface area (Å²) >= 11 is 0. The number of carbonyl (C=O) groups excluding carboxylic acids is 1. The van der Waals surface area contributed by atoms with Gasteiger partial charge in [0.25, 0.3) is 5.91 Å². The molecule has 0 unspecified atom stereocenters. The van der Waals surface area contributed by atoms with Gasteiger partial charge in [0.1, 0.15) is 6.10 Å². The van der Waals surface area contributed by atoms with Crippen molar-refractivity contribution < 1.29 is 24.2 Å². The minimum Gasteiger partial charge on any atom is -0.482 e. The monoisotopic (exact) mass is 327 g/mol. The van der Waals surface area contributed by atoms with Crippen molar-refractivity contribution in [3.8, 4) is 11.5 Å². The third-order valence-electron chi connectivity index (χ3n) is 3.74. The highest BCUT2D eigenvalue weighted by molar-refractivity contribution is 5.87. The molecule has 1 aliphatic heterocycles. The van der Waals surface area contributed by atoms with Crippen LogP contribution >= 0.6 is 0 Å². The first-order valence-corrected chi connectivity index (χ1v) is 7.57. The van der Waals surface area contributed by atoms with E-state index < -0.39 is 18.2 Å². The van der Waals surface area contributed by atoms with E-state index in [0.717, 1.165) is 0 Å². The third kappa shape index (κ3) is 3.32. The van der Waals surface area contributed by atoms with E-state index in [1.807, 2.05) is 12.1 Å². The Hall–Kier alpha value is -3.02. The van der Waals surface area contributed by atoms with E-state index in [-0.39, 0.29) is 18.0 Å². The van der Waals surface area contributed by atoms with Crippen LogP contribution in [-0.4, -0.2) is 29.2 Å². The molecule has 24 heavy (non-hydrogen) atoms. The zero-order valence-corrected chi connectivity index (χ0v) is 13.1. The molecule has 0 aromatic heterocycles. The highest BCUT2D eigenvalue weighted by Gasteiger charge is 2.33. The predicted molar refractivity (Wildman–Crippen MR) is 86.2 cm³/mol. The Morgan fingerprint density at radius 1 is 1.08 bits per heavy atom. The van der Waals surface area contributed by atoms with E-state index in [2.05, 4.69) is 5.32 Å². The number of amides is 1. The molecule has 0 bridgehead atoms. The van der Waals surface area contributed by atoms with Gasteiger partial charge in [-0.25, -0.2) is 4.79 Å². The van der Waals surface area contributed by atoms with Gasteiger partial charge in [0.2, 0.25) is 6.10 Å². The van der Waals surface area contributed by atoms with Crippen molar-refractivity contribution in [3.05, 3.63) is 59.7 Å². The van der Waals surface area contributed by atoms with E-state index >= 15 is 0 Å². The lowest BCUT2D eigenvalue weighted by atomic mass is 10.1. The van der Waals surface area contributed by atoms with E-state index in [4.69, 9.17) is 14.6 Å². The first kappa shape index (κ1) is 15.9. The summed E-state index contributed by atoms with van der Waals surface area (Å²) in [6.07, 6.45) is -1.19. The summed E-state index contributed by atoms with van der Waals surface area (Å²) in [4.78, 5) is 23.4. The van der Waals surface area contributed by atoms with Crippen LogP contribution in [0.2, 0.25) is 0 Å². The number of carboxylic acids is 1. The lowest BCUT2D eigenvalue weighted by Crippen LogP contribution is -2.48. The van der Waals surface area contributed by atoms with Crippen LogP contribution in [0.25, 0.3) is 0 Å². The summed E-state index contributed by atoms with van der Waals surface area (Å²) in [7, 11) is 0. The van der Waals surface area contributed by atoms with Gasteiger partial charge in [0.05, 0.1) is 5.56 Å². The summed E-state index contributed by atoms with van der Waals surface area (Å²) in [5.74, 6) is -0.165. The normalized spacial score (nSPS) is 18.7. The van der Waals surface area contributed by atoms with Gasteiger partial charge in [0.15, 0.2) is 11.5 Å². The zero-order valence-electron chi connectivity index (χ0n) is 13.1. The van der Waals surface area contributed by atoms with E-state index in [1.54, 1.807) is 31.2 Å². The molecule has 124 valence electrons. The molecule has 0 saturated heterocycles. The number of carbonyl (C=O) groups is 2. The van der Waals surface area contributed by atoms with E-state index in [9.17, 15) is 9.59 Å². The number of para-hydroxylation sites is 2. The maximum Gasteiger partial charge on any atom is 0.335 e. The second kappa shape index (κ2) is 6.62. The van der Waals surface area contributed by atoms with Crippen LogP contribution in [-0.2, 0) is 11.3 Å². The SMILES string of the molecule is C[C@@H]1Oc2ccccc2O[C@@H]1C(=O)NCc1cccc(C(=O)O)c1. The number of nitrogens with one attached hydrogen (secondary N) is 1. The molecule has 1 aliphatic rings. The Bertz CT molecular complexity index is 774. The number of rotatable bonds is 4. The summed E-state index contributed by atoms with van der Waals surface area (Å²) in [6, 6.07) is 13.6. The fourth-order valence-corrected chi connectivity index (χ4v) is 2.51. The molecule has 2 aromatic carbocycles. The molecule has 0 spiro atoms. The molecular weight excluding hydrogens is 310 g/mol. The van der Waals surface area contributed by atoms with Crippen molar-refractivity contribution in [1.29, 1.82) is 0 Å². The second-order valence-electron chi connectivity index (χ2n) is 5.53. The van der Waals surface area contributed by atoms with Crippen LogP contribution in [0.3, 0.4) is 0 Å². The number of aromatic carboxylic acids is 1. The van der Waals surface area contributed by atoms with Gasteiger partial charge in [-0.2, -0.15) is 0 Å². The van der Waals surface area contributed by atoms with Gasteiger partial charge in [-0.3, -0.25) is 4.79 Å². The van der Waals surface area contributed by atoms with Crippen molar-refractivity contribution in [2.24, 2.45) is 0 Å². The van der Waals surface area contributed by atoms with Gasteiger partial charge in [0, 0.05) is 6.54 Å². The number of carboxylic acid groups (broad SMARTS) is 1. The number of ether oxygens (including phenoxy) is 2. The Kier molecular flexibility index (Phi) is 4.37. The van der Waals surface area contributed by atoms with E-state index in [1.165, 1.54) is 12.1 Å². The first-order valence-electron chi connectivity index (χ1n) is 7.57. The quantitative estimate of drug-likeness (QED) is 0.899. The van der Waals surface area contributed by atoms with Crippen LogP contribution in [0, 0.1) is 0 Å². The average molecular weight is 327 g/mol. The lowest BCUT2D eigenvalue weighted by molar-refractivity contribution is -0.133. The molecule has 1 heterocycles. The van der Waals surface area contributed by atoms with Crippen LogP contribution in [0.5, 0.6) is 11.5 Å². The molecule has 3 rings (SSSR count). The molecule has 1 amide bonds. The minimum absolute atomic E-state index is 0.182. The summed E-state index contributed by atoms with van der Waals surface area (Å²) < 4.78 is 11.4. The fraction of sp³-hybridized carbons (Fsp3) is 0.222. The van der Waals surface area contributed by atoms with Crippen LogP contribution in [0.15, 0.2) is 48.5 Å². The molecule has 0 aliphatic carbocycles. The van der Waals surface area contributed by atoms with Crippen LogP contribution < -0.4 is 14.8 Å². The maximum atomic E-state index is 12.4. The van der Waals surface area contributed by atoms with Gasteiger partial charge in [-0.15, -0.1) is 0 Å². The summed E-state index contributed by atoms with van der Waals surface area (Å²) in [6.45, 7) is 1.99. The van der Waals surface area contributed by atoms with Crippen LogP contribution in [0.4, 0.5) is 0 Å². The van der Waals surface area contributed by atoms with Gasteiger partial charge < -0.3 is 19.9 Å². The Morgan fingerprint density at radius 2 is 1.79 bits per heavy atom. The highest BCUT2D eigenvalue weighted by Crippen LogP contribution is 2.33.